The lowest BCUT2D eigenvalue weighted by atomic mass is 10.2. The summed E-state index contributed by atoms with van der Waals surface area (Å²) in [4.78, 5) is 6.26. The lowest BCUT2D eigenvalue weighted by molar-refractivity contribution is 0.331. The largest absolute Gasteiger partial charge is 0.355 e. The zero-order chi connectivity index (χ0) is 18.1. The third-order valence-corrected chi connectivity index (χ3v) is 3.78. The van der Waals surface area contributed by atoms with Crippen LogP contribution in [0, 0.1) is 11.6 Å². The van der Waals surface area contributed by atoms with Crippen molar-refractivity contribution in [2.45, 2.75) is 13.1 Å². The maximum Gasteiger partial charge on any atom is 0.191 e. The SMILES string of the molecule is CN=C(NCCN(C)Cc1ccc(F)cc1)NCc1ccccc1F.I. The van der Waals surface area contributed by atoms with E-state index in [1.807, 2.05) is 7.05 Å². The summed E-state index contributed by atoms with van der Waals surface area (Å²) in [7, 11) is 3.68. The van der Waals surface area contributed by atoms with Crippen LogP contribution in [-0.4, -0.2) is 38.0 Å². The summed E-state index contributed by atoms with van der Waals surface area (Å²) in [5, 5.41) is 6.29. The molecule has 0 saturated heterocycles. The predicted molar refractivity (Wildman–Crippen MR) is 113 cm³/mol. The molecule has 0 amide bonds. The van der Waals surface area contributed by atoms with Gasteiger partial charge in [0.2, 0.25) is 0 Å². The molecule has 0 heterocycles. The van der Waals surface area contributed by atoms with E-state index in [2.05, 4.69) is 20.5 Å². The molecular formula is C19H25F2IN4. The van der Waals surface area contributed by atoms with Crippen LogP contribution in [0.15, 0.2) is 53.5 Å². The quantitative estimate of drug-likeness (QED) is 0.367. The van der Waals surface area contributed by atoms with Crippen LogP contribution in [0.3, 0.4) is 0 Å². The second-order valence-corrected chi connectivity index (χ2v) is 5.81. The molecule has 0 unspecified atom stereocenters. The zero-order valence-electron chi connectivity index (χ0n) is 15.0. The molecule has 0 aliphatic rings. The average molecular weight is 474 g/mol. The first kappa shape index (κ1) is 22.3. The van der Waals surface area contributed by atoms with Crippen LogP contribution in [0.25, 0.3) is 0 Å². The number of halogens is 3. The maximum absolute atomic E-state index is 13.6. The van der Waals surface area contributed by atoms with Crippen molar-refractivity contribution in [2.24, 2.45) is 4.99 Å². The van der Waals surface area contributed by atoms with E-state index in [4.69, 9.17) is 0 Å². The fourth-order valence-corrected chi connectivity index (χ4v) is 2.39. The van der Waals surface area contributed by atoms with E-state index in [9.17, 15) is 8.78 Å². The minimum absolute atomic E-state index is 0. The molecule has 26 heavy (non-hydrogen) atoms. The molecule has 0 saturated carbocycles. The minimum atomic E-state index is -0.232. The molecular weight excluding hydrogens is 449 g/mol. The van der Waals surface area contributed by atoms with Crippen molar-refractivity contribution in [1.82, 2.24) is 15.5 Å². The van der Waals surface area contributed by atoms with E-state index in [1.165, 1.54) is 18.2 Å². The monoisotopic (exact) mass is 474 g/mol. The number of hydrogen-bond donors (Lipinski definition) is 2. The summed E-state index contributed by atoms with van der Waals surface area (Å²) in [5.74, 6) is 0.167. The van der Waals surface area contributed by atoms with Gasteiger partial charge in [-0.15, -0.1) is 24.0 Å². The smallest absolute Gasteiger partial charge is 0.191 e. The van der Waals surface area contributed by atoms with Crippen LogP contribution in [0.4, 0.5) is 8.78 Å². The van der Waals surface area contributed by atoms with Crippen LogP contribution >= 0.6 is 24.0 Å². The van der Waals surface area contributed by atoms with Gasteiger partial charge in [0, 0.05) is 38.8 Å². The molecule has 0 radical (unpaired) electrons. The molecule has 0 atom stereocenters. The first-order valence-electron chi connectivity index (χ1n) is 8.19. The van der Waals surface area contributed by atoms with Gasteiger partial charge in [0.25, 0.3) is 0 Å². The lowest BCUT2D eigenvalue weighted by Crippen LogP contribution is -2.40. The summed E-state index contributed by atoms with van der Waals surface area (Å²) in [5.41, 5.74) is 1.66. The summed E-state index contributed by atoms with van der Waals surface area (Å²) in [6.07, 6.45) is 0. The lowest BCUT2D eigenvalue weighted by Gasteiger charge is -2.18. The Morgan fingerprint density at radius 1 is 1.04 bits per heavy atom. The van der Waals surface area contributed by atoms with E-state index >= 15 is 0 Å². The number of aliphatic imine (C=N–C) groups is 1. The second-order valence-electron chi connectivity index (χ2n) is 5.81. The van der Waals surface area contributed by atoms with Crippen LogP contribution in [0.2, 0.25) is 0 Å². The Labute approximate surface area is 170 Å². The Balaban J connectivity index is 0.00000338. The van der Waals surface area contributed by atoms with E-state index in [-0.39, 0.29) is 35.6 Å². The van der Waals surface area contributed by atoms with E-state index in [0.717, 1.165) is 18.7 Å². The second kappa shape index (κ2) is 11.8. The van der Waals surface area contributed by atoms with Gasteiger partial charge in [-0.1, -0.05) is 30.3 Å². The summed E-state index contributed by atoms with van der Waals surface area (Å²) in [6, 6.07) is 13.2. The van der Waals surface area contributed by atoms with Crippen molar-refractivity contribution in [1.29, 1.82) is 0 Å². The Hall–Kier alpha value is -1.74. The average Bonchev–Trinajstić information content (AvgIpc) is 2.61. The van der Waals surface area contributed by atoms with Crippen molar-refractivity contribution < 1.29 is 8.78 Å². The van der Waals surface area contributed by atoms with Gasteiger partial charge in [-0.2, -0.15) is 0 Å². The van der Waals surface area contributed by atoms with Gasteiger partial charge in [0.05, 0.1) is 0 Å². The third kappa shape index (κ3) is 7.65. The highest BCUT2D eigenvalue weighted by Crippen LogP contribution is 2.06. The minimum Gasteiger partial charge on any atom is -0.355 e. The molecule has 4 nitrogen and oxygen atoms in total. The van der Waals surface area contributed by atoms with Gasteiger partial charge in [-0.3, -0.25) is 4.99 Å². The topological polar surface area (TPSA) is 39.7 Å². The Kier molecular flexibility index (Phi) is 10.1. The van der Waals surface area contributed by atoms with Gasteiger partial charge in [-0.05, 0) is 30.8 Å². The first-order chi connectivity index (χ1) is 12.1. The van der Waals surface area contributed by atoms with Gasteiger partial charge >= 0.3 is 0 Å². The highest BCUT2D eigenvalue weighted by Gasteiger charge is 2.04. The van der Waals surface area contributed by atoms with Crippen molar-refractivity contribution >= 4 is 29.9 Å². The number of nitrogens with one attached hydrogen (secondary N) is 2. The normalized spacial score (nSPS) is 11.2. The number of benzene rings is 2. The molecule has 0 spiro atoms. The Morgan fingerprint density at radius 3 is 2.38 bits per heavy atom. The van der Waals surface area contributed by atoms with E-state index in [1.54, 1.807) is 37.4 Å². The molecule has 2 N–H and O–H groups in total. The first-order valence-corrected chi connectivity index (χ1v) is 8.19. The highest BCUT2D eigenvalue weighted by molar-refractivity contribution is 14.0. The van der Waals surface area contributed by atoms with Crippen molar-refractivity contribution in [2.75, 3.05) is 27.2 Å². The molecule has 0 fully saturated rings. The van der Waals surface area contributed by atoms with E-state index in [0.29, 0.717) is 24.6 Å². The van der Waals surface area contributed by atoms with Crippen molar-refractivity contribution in [3.63, 3.8) is 0 Å². The van der Waals surface area contributed by atoms with Gasteiger partial charge < -0.3 is 15.5 Å². The summed E-state index contributed by atoms with van der Waals surface area (Å²) in [6.45, 7) is 2.59. The molecule has 2 rings (SSSR count). The molecule has 142 valence electrons. The van der Waals surface area contributed by atoms with Gasteiger partial charge in [0.1, 0.15) is 11.6 Å². The molecule has 2 aromatic rings. The molecule has 0 aliphatic heterocycles. The number of likely N-dealkylation sites (N-methyl/N-ethyl adjacent to an activating group) is 1. The predicted octanol–water partition coefficient (Wildman–Crippen LogP) is 3.38. The Bertz CT molecular complexity index is 692. The zero-order valence-corrected chi connectivity index (χ0v) is 17.3. The number of rotatable bonds is 7. The maximum atomic E-state index is 13.6. The molecule has 7 heteroatoms. The van der Waals surface area contributed by atoms with Gasteiger partial charge in [0.15, 0.2) is 5.96 Å². The molecule has 0 aromatic heterocycles. The molecule has 0 bridgehead atoms. The number of guanidine groups is 1. The number of hydrogen-bond acceptors (Lipinski definition) is 2. The molecule has 0 aliphatic carbocycles. The summed E-state index contributed by atoms with van der Waals surface area (Å²) < 4.78 is 26.5. The van der Waals surface area contributed by atoms with Crippen LogP contribution < -0.4 is 10.6 Å². The van der Waals surface area contributed by atoms with Gasteiger partial charge in [-0.25, -0.2) is 8.78 Å². The van der Waals surface area contributed by atoms with Crippen LogP contribution in [0.1, 0.15) is 11.1 Å². The Morgan fingerprint density at radius 2 is 1.73 bits per heavy atom. The van der Waals surface area contributed by atoms with Crippen molar-refractivity contribution in [3.05, 3.63) is 71.3 Å². The van der Waals surface area contributed by atoms with E-state index < -0.39 is 0 Å². The fraction of sp³-hybridized carbons (Fsp3) is 0.316. The summed E-state index contributed by atoms with van der Waals surface area (Å²) >= 11 is 0. The number of nitrogens with zero attached hydrogens (tertiary/aromatic N) is 2. The third-order valence-electron chi connectivity index (χ3n) is 3.78. The fourth-order valence-electron chi connectivity index (χ4n) is 2.39. The highest BCUT2D eigenvalue weighted by atomic mass is 127. The van der Waals surface area contributed by atoms with Crippen LogP contribution in [0.5, 0.6) is 0 Å². The standard InChI is InChI=1S/C19H24F2N4.HI/c1-22-19(24-13-16-5-3-4-6-18(16)21)23-11-12-25(2)14-15-7-9-17(20)10-8-15;/h3-10H,11-14H2,1-2H3,(H2,22,23,24);1H. The molecule has 2 aromatic carbocycles. The van der Waals surface area contributed by atoms with Crippen molar-refractivity contribution in [3.8, 4) is 0 Å². The van der Waals surface area contributed by atoms with Crippen LogP contribution in [-0.2, 0) is 13.1 Å².